The average Bonchev–Trinajstić information content (AvgIpc) is 2.66. The molecule has 11 heteroatoms. The van der Waals surface area contributed by atoms with E-state index >= 15 is 0 Å². The van der Waals surface area contributed by atoms with Gasteiger partial charge < -0.3 is 15.5 Å². The monoisotopic (exact) mass is 545 g/mol. The Morgan fingerprint density at radius 2 is 1.83 bits per heavy atom. The molecule has 0 unspecified atom stereocenters. The Kier molecular flexibility index (Phi) is 10.8. The molecule has 0 spiro atoms. The van der Waals surface area contributed by atoms with E-state index in [4.69, 9.17) is 0 Å². The first-order valence-electron chi connectivity index (χ1n) is 9.56. The van der Waals surface area contributed by atoms with E-state index in [0.29, 0.717) is 38.2 Å². The molecule has 0 aliphatic carbocycles. The summed E-state index contributed by atoms with van der Waals surface area (Å²) in [7, 11) is 0. The molecule has 1 heterocycles. The van der Waals surface area contributed by atoms with E-state index in [2.05, 4.69) is 20.5 Å². The number of carbonyl (C=O) groups is 1. The van der Waals surface area contributed by atoms with Crippen LogP contribution in [-0.2, 0) is 17.5 Å². The van der Waals surface area contributed by atoms with E-state index in [9.17, 15) is 22.4 Å². The quantitative estimate of drug-likeness (QED) is 0.250. The van der Waals surface area contributed by atoms with Crippen LogP contribution < -0.4 is 10.6 Å². The number of halogens is 5. The molecule has 0 radical (unpaired) electrons. The Bertz CT molecular complexity index is 721. The minimum Gasteiger partial charge on any atom is -0.357 e. The number of carbonyl (C=O) groups excluding carboxylic acids is 1. The van der Waals surface area contributed by atoms with Crippen molar-refractivity contribution in [3.63, 3.8) is 0 Å². The fourth-order valence-corrected chi connectivity index (χ4v) is 3.08. The number of benzene rings is 1. The van der Waals surface area contributed by atoms with Crippen LogP contribution in [0, 0.1) is 5.82 Å². The highest BCUT2D eigenvalue weighted by Crippen LogP contribution is 2.32. The van der Waals surface area contributed by atoms with Crippen LogP contribution >= 0.6 is 24.0 Å². The third-order valence-corrected chi connectivity index (χ3v) is 4.67. The van der Waals surface area contributed by atoms with Crippen molar-refractivity contribution in [2.75, 3.05) is 45.8 Å². The van der Waals surface area contributed by atoms with Crippen LogP contribution in [0.1, 0.15) is 25.0 Å². The molecule has 170 valence electrons. The Morgan fingerprint density at radius 3 is 2.40 bits per heavy atom. The number of amides is 1. The molecule has 0 atom stereocenters. The number of piperazine rings is 1. The average molecular weight is 545 g/mol. The van der Waals surface area contributed by atoms with Crippen LogP contribution in [-0.4, -0.2) is 67.5 Å². The fraction of sp³-hybridized carbons (Fsp3) is 0.579. The summed E-state index contributed by atoms with van der Waals surface area (Å²) in [6.07, 6.45) is -4.64. The van der Waals surface area contributed by atoms with E-state index in [-0.39, 0.29) is 42.0 Å². The number of aliphatic imine (C=N–C) groups is 1. The number of guanidine groups is 1. The molecule has 0 bridgehead atoms. The van der Waals surface area contributed by atoms with Gasteiger partial charge in [0, 0.05) is 52.7 Å². The maximum Gasteiger partial charge on any atom is 0.416 e. The summed E-state index contributed by atoms with van der Waals surface area (Å²) in [4.78, 5) is 19.6. The van der Waals surface area contributed by atoms with Crippen LogP contribution in [0.2, 0.25) is 0 Å². The van der Waals surface area contributed by atoms with Crippen molar-refractivity contribution in [3.8, 4) is 0 Å². The molecular formula is C19H28F4IN5O. The van der Waals surface area contributed by atoms with Crippen molar-refractivity contribution < 1.29 is 22.4 Å². The molecule has 1 aliphatic heterocycles. The summed E-state index contributed by atoms with van der Waals surface area (Å²) >= 11 is 0. The minimum atomic E-state index is -4.64. The first-order valence-corrected chi connectivity index (χ1v) is 9.56. The van der Waals surface area contributed by atoms with Gasteiger partial charge in [0.2, 0.25) is 5.91 Å². The number of hydrogen-bond donors (Lipinski definition) is 2. The van der Waals surface area contributed by atoms with Gasteiger partial charge in [-0.1, -0.05) is 6.07 Å². The van der Waals surface area contributed by atoms with E-state index in [1.54, 1.807) is 11.8 Å². The van der Waals surface area contributed by atoms with Gasteiger partial charge in [0.05, 0.1) is 12.1 Å². The van der Waals surface area contributed by atoms with E-state index < -0.39 is 17.6 Å². The van der Waals surface area contributed by atoms with Crippen molar-refractivity contribution in [1.29, 1.82) is 0 Å². The molecule has 1 saturated heterocycles. The molecule has 6 nitrogen and oxygen atoms in total. The molecule has 1 fully saturated rings. The topological polar surface area (TPSA) is 60.0 Å². The number of rotatable bonds is 6. The van der Waals surface area contributed by atoms with Gasteiger partial charge in [0.1, 0.15) is 5.82 Å². The lowest BCUT2D eigenvalue weighted by molar-refractivity contribution is -0.138. The van der Waals surface area contributed by atoms with Crippen LogP contribution in [0.25, 0.3) is 0 Å². The summed E-state index contributed by atoms with van der Waals surface area (Å²) in [5, 5.41) is 6.10. The summed E-state index contributed by atoms with van der Waals surface area (Å²) < 4.78 is 52.6. The minimum absolute atomic E-state index is 0. The van der Waals surface area contributed by atoms with Crippen LogP contribution in [0.3, 0.4) is 0 Å². The van der Waals surface area contributed by atoms with Crippen molar-refractivity contribution in [1.82, 2.24) is 20.4 Å². The van der Waals surface area contributed by atoms with Gasteiger partial charge in [-0.3, -0.25) is 9.69 Å². The first-order chi connectivity index (χ1) is 13.7. The highest BCUT2D eigenvalue weighted by atomic mass is 127. The van der Waals surface area contributed by atoms with Gasteiger partial charge in [-0.15, -0.1) is 24.0 Å². The molecule has 0 aromatic heterocycles. The highest BCUT2D eigenvalue weighted by molar-refractivity contribution is 14.0. The second-order valence-electron chi connectivity index (χ2n) is 6.77. The number of nitrogens with one attached hydrogen (secondary N) is 2. The fourth-order valence-electron chi connectivity index (χ4n) is 3.08. The summed E-state index contributed by atoms with van der Waals surface area (Å²) in [6, 6.07) is 2.60. The van der Waals surface area contributed by atoms with Crippen LogP contribution in [0.5, 0.6) is 0 Å². The normalized spacial score (nSPS) is 15.5. The SMILES string of the molecule is CCNC(=NCc1ccc(F)cc1C(F)(F)F)NCCN1CCN(C(C)=O)CC1.I. The lowest BCUT2D eigenvalue weighted by Crippen LogP contribution is -2.50. The van der Waals surface area contributed by atoms with Gasteiger partial charge in [0.25, 0.3) is 0 Å². The van der Waals surface area contributed by atoms with Crippen LogP contribution in [0.4, 0.5) is 17.6 Å². The lowest BCUT2D eigenvalue weighted by Gasteiger charge is -2.34. The van der Waals surface area contributed by atoms with Crippen LogP contribution in [0.15, 0.2) is 23.2 Å². The Labute approximate surface area is 191 Å². The predicted molar refractivity (Wildman–Crippen MR) is 118 cm³/mol. The molecule has 1 aromatic carbocycles. The van der Waals surface area contributed by atoms with Gasteiger partial charge in [0.15, 0.2) is 5.96 Å². The van der Waals surface area contributed by atoms with Crippen molar-refractivity contribution >= 4 is 35.8 Å². The van der Waals surface area contributed by atoms with Gasteiger partial charge >= 0.3 is 6.18 Å². The zero-order chi connectivity index (χ0) is 21.4. The third-order valence-electron chi connectivity index (χ3n) is 4.67. The molecule has 30 heavy (non-hydrogen) atoms. The third kappa shape index (κ3) is 8.25. The van der Waals surface area contributed by atoms with Crippen molar-refractivity contribution in [2.45, 2.75) is 26.6 Å². The molecular weight excluding hydrogens is 517 g/mol. The Hall–Kier alpha value is -1.63. The lowest BCUT2D eigenvalue weighted by atomic mass is 10.1. The second kappa shape index (κ2) is 12.3. The van der Waals surface area contributed by atoms with Crippen molar-refractivity contribution in [2.24, 2.45) is 4.99 Å². The molecule has 2 N–H and O–H groups in total. The van der Waals surface area contributed by atoms with Gasteiger partial charge in [-0.2, -0.15) is 13.2 Å². The first kappa shape index (κ1) is 26.4. The van der Waals surface area contributed by atoms with Crippen molar-refractivity contribution in [3.05, 3.63) is 35.1 Å². The molecule has 1 amide bonds. The molecule has 1 aliphatic rings. The van der Waals surface area contributed by atoms with E-state index in [0.717, 1.165) is 31.8 Å². The number of alkyl halides is 3. The zero-order valence-electron chi connectivity index (χ0n) is 17.1. The number of nitrogens with zero attached hydrogens (tertiary/aromatic N) is 3. The van der Waals surface area contributed by atoms with Gasteiger partial charge in [-0.25, -0.2) is 9.38 Å². The predicted octanol–water partition coefficient (Wildman–Crippen LogP) is 2.68. The standard InChI is InChI=1S/C19H27F4N5O.HI/c1-3-24-18(25-6-7-27-8-10-28(11-9-27)14(2)29)26-13-15-4-5-16(20)12-17(15)19(21,22)23;/h4-5,12H,3,6-11,13H2,1-2H3,(H2,24,25,26);1H. The maximum atomic E-state index is 13.2. The molecule has 1 aromatic rings. The number of hydrogen-bond acceptors (Lipinski definition) is 3. The Morgan fingerprint density at radius 1 is 1.17 bits per heavy atom. The highest BCUT2D eigenvalue weighted by Gasteiger charge is 2.33. The largest absolute Gasteiger partial charge is 0.416 e. The van der Waals surface area contributed by atoms with Gasteiger partial charge in [-0.05, 0) is 24.6 Å². The Balaban J connectivity index is 0.00000450. The summed E-state index contributed by atoms with van der Waals surface area (Å²) in [6.45, 7) is 7.96. The van der Waals surface area contributed by atoms with E-state index in [1.165, 1.54) is 0 Å². The maximum absolute atomic E-state index is 13.2. The zero-order valence-corrected chi connectivity index (χ0v) is 19.4. The molecule has 2 rings (SSSR count). The second-order valence-corrected chi connectivity index (χ2v) is 6.77. The summed E-state index contributed by atoms with van der Waals surface area (Å²) in [5.41, 5.74) is -1.10. The smallest absolute Gasteiger partial charge is 0.357 e. The van der Waals surface area contributed by atoms with E-state index in [1.807, 2.05) is 6.92 Å². The summed E-state index contributed by atoms with van der Waals surface area (Å²) in [5.74, 6) is -0.462. The molecule has 0 saturated carbocycles.